The lowest BCUT2D eigenvalue weighted by Crippen LogP contribution is -2.14. The largest absolute Gasteiger partial charge is 0.492 e. The van der Waals surface area contributed by atoms with Crippen LogP contribution in [0.2, 0.25) is 0 Å². The number of nitrogens with one attached hydrogen (secondary N) is 2. The summed E-state index contributed by atoms with van der Waals surface area (Å²) in [6, 6.07) is 9.61. The van der Waals surface area contributed by atoms with E-state index < -0.39 is 23.2 Å². The number of rotatable bonds is 4. The summed E-state index contributed by atoms with van der Waals surface area (Å²) in [7, 11) is 0. The molecular formula is C26H17F2N3O5. The predicted molar refractivity (Wildman–Crippen MR) is 128 cm³/mol. The monoisotopic (exact) mass is 489 g/mol. The number of ether oxygens (including phenoxy) is 1. The van der Waals surface area contributed by atoms with Gasteiger partial charge in [0.2, 0.25) is 5.56 Å². The number of hydrogen-bond donors (Lipinski definition) is 3. The molecule has 3 N–H and O–H groups in total. The molecule has 4 heterocycles. The maximum Gasteiger partial charge on any atom is 0.353 e. The van der Waals surface area contributed by atoms with Crippen molar-refractivity contribution in [1.82, 2.24) is 14.5 Å². The van der Waals surface area contributed by atoms with Gasteiger partial charge in [0, 0.05) is 46.3 Å². The van der Waals surface area contributed by atoms with Crippen molar-refractivity contribution in [1.29, 1.82) is 0 Å². The molecule has 0 radical (unpaired) electrons. The van der Waals surface area contributed by atoms with Crippen molar-refractivity contribution >= 4 is 27.8 Å². The molecule has 5 aromatic rings. The van der Waals surface area contributed by atoms with Crippen LogP contribution in [-0.4, -0.2) is 32.2 Å². The summed E-state index contributed by atoms with van der Waals surface area (Å²) >= 11 is 0. The minimum atomic E-state index is -1.38. The Morgan fingerprint density at radius 3 is 2.72 bits per heavy atom. The van der Waals surface area contributed by atoms with Crippen molar-refractivity contribution < 1.29 is 23.4 Å². The number of aromatic carboxylic acids is 1. The molecule has 0 amide bonds. The Morgan fingerprint density at radius 1 is 1.11 bits per heavy atom. The standard InChI is InChI=1S/C26H17F2N3O5/c27-16-8-12-3-4-20(32)30-18(12)9-13(16)11-31-19-10-17(28)14-5-7-36-24(14)22(19)21(23(31)26(34)35)15-2-1-6-29-25(15)33/h1-4,6,8-10H,5,7,11H2,(H,29,33)(H,30,32)(H,34,35). The second-order valence-corrected chi connectivity index (χ2v) is 8.54. The number of carboxylic acid groups (broad SMARTS) is 1. The number of aromatic amines is 2. The lowest BCUT2D eigenvalue weighted by molar-refractivity contribution is 0.0687. The van der Waals surface area contributed by atoms with Crippen LogP contribution in [0.3, 0.4) is 0 Å². The molecule has 0 saturated carbocycles. The smallest absolute Gasteiger partial charge is 0.353 e. The van der Waals surface area contributed by atoms with Gasteiger partial charge in [0.05, 0.1) is 29.6 Å². The van der Waals surface area contributed by atoms with Crippen LogP contribution < -0.4 is 15.9 Å². The summed E-state index contributed by atoms with van der Waals surface area (Å²) in [6.07, 6.45) is 1.71. The van der Waals surface area contributed by atoms with E-state index in [1.807, 2.05) is 0 Å². The van der Waals surface area contributed by atoms with Crippen molar-refractivity contribution in [2.45, 2.75) is 13.0 Å². The third-order valence-corrected chi connectivity index (χ3v) is 6.46. The van der Waals surface area contributed by atoms with Gasteiger partial charge in [-0.15, -0.1) is 0 Å². The zero-order valence-electron chi connectivity index (χ0n) is 18.5. The Labute approximate surface area is 200 Å². The second kappa shape index (κ2) is 7.91. The second-order valence-electron chi connectivity index (χ2n) is 8.54. The molecule has 0 spiro atoms. The first kappa shape index (κ1) is 21.8. The first-order valence-electron chi connectivity index (χ1n) is 11.1. The number of hydrogen-bond acceptors (Lipinski definition) is 4. The van der Waals surface area contributed by atoms with Crippen LogP contribution in [0.25, 0.3) is 32.9 Å². The molecule has 0 unspecified atom stereocenters. The van der Waals surface area contributed by atoms with Gasteiger partial charge in [-0.25, -0.2) is 13.6 Å². The van der Waals surface area contributed by atoms with Crippen LogP contribution in [0.15, 0.2) is 58.3 Å². The van der Waals surface area contributed by atoms with E-state index in [4.69, 9.17) is 4.74 Å². The molecule has 1 aliphatic heterocycles. The number of aromatic nitrogens is 3. The van der Waals surface area contributed by atoms with Gasteiger partial charge in [-0.3, -0.25) is 9.59 Å². The Balaban J connectivity index is 1.70. The topological polar surface area (TPSA) is 117 Å². The van der Waals surface area contributed by atoms with Crippen molar-refractivity contribution in [3.8, 4) is 16.9 Å². The van der Waals surface area contributed by atoms with Crippen molar-refractivity contribution in [3.05, 3.63) is 97.8 Å². The number of pyridine rings is 2. The molecule has 0 atom stereocenters. The minimum absolute atomic E-state index is 0.0614. The van der Waals surface area contributed by atoms with Crippen LogP contribution in [0.5, 0.6) is 5.75 Å². The highest BCUT2D eigenvalue weighted by molar-refractivity contribution is 6.11. The zero-order chi connectivity index (χ0) is 25.1. The first-order valence-corrected chi connectivity index (χ1v) is 11.1. The highest BCUT2D eigenvalue weighted by Gasteiger charge is 2.32. The maximum absolute atomic E-state index is 15.1. The molecule has 0 saturated heterocycles. The molecule has 0 aliphatic carbocycles. The van der Waals surface area contributed by atoms with Crippen molar-refractivity contribution in [2.24, 2.45) is 0 Å². The van der Waals surface area contributed by atoms with Gasteiger partial charge in [-0.1, -0.05) is 0 Å². The first-order chi connectivity index (χ1) is 17.3. The highest BCUT2D eigenvalue weighted by Crippen LogP contribution is 2.44. The number of fused-ring (bicyclic) bond motifs is 4. The molecule has 10 heteroatoms. The summed E-state index contributed by atoms with van der Waals surface area (Å²) in [5, 5.41) is 11.0. The normalized spacial score (nSPS) is 12.7. The van der Waals surface area contributed by atoms with Crippen LogP contribution in [0, 0.1) is 11.6 Å². The number of halogens is 2. The fourth-order valence-electron chi connectivity index (χ4n) is 4.91. The van der Waals surface area contributed by atoms with Gasteiger partial charge < -0.3 is 24.4 Å². The third-order valence-electron chi connectivity index (χ3n) is 6.46. The van der Waals surface area contributed by atoms with Gasteiger partial charge in [0.1, 0.15) is 23.1 Å². The van der Waals surface area contributed by atoms with Crippen LogP contribution in [-0.2, 0) is 13.0 Å². The fourth-order valence-corrected chi connectivity index (χ4v) is 4.91. The molecule has 1 aliphatic rings. The number of carbonyl (C=O) groups is 1. The quantitative estimate of drug-likeness (QED) is 0.355. The van der Waals surface area contributed by atoms with Gasteiger partial charge in [0.15, 0.2) is 0 Å². The summed E-state index contributed by atoms with van der Waals surface area (Å²) < 4.78 is 37.2. The van der Waals surface area contributed by atoms with Crippen LogP contribution in [0.4, 0.5) is 8.78 Å². The van der Waals surface area contributed by atoms with E-state index in [0.29, 0.717) is 22.9 Å². The Kier molecular flexibility index (Phi) is 4.78. The number of benzene rings is 2. The van der Waals surface area contributed by atoms with Crippen LogP contribution >= 0.6 is 0 Å². The van der Waals surface area contributed by atoms with Crippen molar-refractivity contribution in [3.63, 3.8) is 0 Å². The van der Waals surface area contributed by atoms with Gasteiger partial charge in [0.25, 0.3) is 5.56 Å². The van der Waals surface area contributed by atoms with E-state index in [2.05, 4.69) is 9.97 Å². The van der Waals surface area contributed by atoms with Crippen LogP contribution in [0.1, 0.15) is 21.6 Å². The SMILES string of the molecule is O=C(O)c1c(-c2ccc[nH]c2=O)c2c3c(c(F)cc2n1Cc1cc2[nH]c(=O)ccc2cc1F)CCO3. The summed E-state index contributed by atoms with van der Waals surface area (Å²) in [6.45, 7) is -0.101. The molecule has 3 aromatic heterocycles. The molecule has 0 bridgehead atoms. The Morgan fingerprint density at radius 2 is 1.94 bits per heavy atom. The summed E-state index contributed by atoms with van der Waals surface area (Å²) in [4.78, 5) is 42.3. The summed E-state index contributed by atoms with van der Waals surface area (Å²) in [5.74, 6) is -2.42. The minimum Gasteiger partial charge on any atom is -0.492 e. The van der Waals surface area contributed by atoms with E-state index in [1.54, 1.807) is 6.07 Å². The van der Waals surface area contributed by atoms with E-state index in [1.165, 1.54) is 47.2 Å². The maximum atomic E-state index is 15.1. The number of nitrogens with zero attached hydrogens (tertiary/aromatic N) is 1. The molecular weight excluding hydrogens is 472 g/mol. The zero-order valence-corrected chi connectivity index (χ0v) is 18.5. The van der Waals surface area contributed by atoms with E-state index in [-0.39, 0.29) is 57.7 Å². The van der Waals surface area contributed by atoms with E-state index in [0.717, 1.165) is 0 Å². The lowest BCUT2D eigenvalue weighted by atomic mass is 10.00. The molecule has 180 valence electrons. The molecule has 8 nitrogen and oxygen atoms in total. The van der Waals surface area contributed by atoms with Crippen molar-refractivity contribution in [2.75, 3.05) is 6.61 Å². The Hall–Kier alpha value is -4.73. The lowest BCUT2D eigenvalue weighted by Gasteiger charge is -2.12. The van der Waals surface area contributed by atoms with Gasteiger partial charge in [-0.05, 0) is 36.4 Å². The average molecular weight is 489 g/mol. The highest BCUT2D eigenvalue weighted by atomic mass is 19.1. The molecule has 6 rings (SSSR count). The fraction of sp³-hybridized carbons (Fsp3) is 0.115. The number of H-pyrrole nitrogens is 2. The third kappa shape index (κ3) is 3.22. The molecule has 2 aromatic carbocycles. The number of carboxylic acids is 1. The van der Waals surface area contributed by atoms with Gasteiger partial charge >= 0.3 is 5.97 Å². The summed E-state index contributed by atoms with van der Waals surface area (Å²) in [5.41, 5.74) is -0.238. The average Bonchev–Trinajstić information content (AvgIpc) is 3.44. The van der Waals surface area contributed by atoms with Gasteiger partial charge in [-0.2, -0.15) is 0 Å². The predicted octanol–water partition coefficient (Wildman–Crippen LogP) is 3.80. The Bertz CT molecular complexity index is 1850. The van der Waals surface area contributed by atoms with E-state index in [9.17, 15) is 19.5 Å². The van der Waals surface area contributed by atoms with E-state index >= 15 is 8.78 Å². The molecule has 0 fully saturated rings. The molecule has 36 heavy (non-hydrogen) atoms.